The van der Waals surface area contributed by atoms with Crippen molar-refractivity contribution < 1.29 is 9.13 Å². The van der Waals surface area contributed by atoms with E-state index in [1.165, 1.54) is 13.2 Å². The van der Waals surface area contributed by atoms with Crippen LogP contribution in [0.5, 0.6) is 5.75 Å². The van der Waals surface area contributed by atoms with Crippen molar-refractivity contribution in [3.05, 3.63) is 47.1 Å². The number of aromatic amines is 1. The quantitative estimate of drug-likeness (QED) is 0.730. The summed E-state index contributed by atoms with van der Waals surface area (Å²) in [6, 6.07) is 8.28. The number of hydrogen-bond donors (Lipinski definition) is 1. The van der Waals surface area contributed by atoms with Crippen LogP contribution in [0.25, 0.3) is 16.9 Å². The molecule has 0 spiro atoms. The summed E-state index contributed by atoms with van der Waals surface area (Å²) in [5, 5.41) is 0. The largest absolute Gasteiger partial charge is 0.494 e. The van der Waals surface area contributed by atoms with Gasteiger partial charge in [-0.3, -0.25) is 4.57 Å². The van der Waals surface area contributed by atoms with E-state index in [4.69, 9.17) is 17.0 Å². The average Bonchev–Trinajstić information content (AvgIpc) is 2.75. The minimum absolute atomic E-state index is 0.171. The highest BCUT2D eigenvalue weighted by atomic mass is 32.1. The SMILES string of the molecule is COc1cc(-n2c(=S)[nH]c3cccnc32)ccc1F. The van der Waals surface area contributed by atoms with E-state index in [0.717, 1.165) is 5.52 Å². The van der Waals surface area contributed by atoms with E-state index in [-0.39, 0.29) is 5.75 Å². The molecule has 19 heavy (non-hydrogen) atoms. The normalized spacial score (nSPS) is 10.8. The molecule has 0 aliphatic rings. The van der Waals surface area contributed by atoms with E-state index in [9.17, 15) is 4.39 Å². The Bertz CT molecular complexity index is 809. The molecule has 0 saturated heterocycles. The van der Waals surface area contributed by atoms with Gasteiger partial charge in [0.2, 0.25) is 0 Å². The minimum Gasteiger partial charge on any atom is -0.494 e. The Morgan fingerprint density at radius 1 is 1.37 bits per heavy atom. The Morgan fingerprint density at radius 2 is 2.21 bits per heavy atom. The molecule has 0 amide bonds. The molecule has 1 N–H and O–H groups in total. The number of halogens is 1. The van der Waals surface area contributed by atoms with Crippen molar-refractivity contribution in [1.82, 2.24) is 14.5 Å². The topological polar surface area (TPSA) is 42.8 Å². The van der Waals surface area contributed by atoms with E-state index >= 15 is 0 Å². The summed E-state index contributed by atoms with van der Waals surface area (Å²) >= 11 is 5.28. The zero-order valence-corrected chi connectivity index (χ0v) is 10.9. The minimum atomic E-state index is -0.412. The molecule has 2 heterocycles. The fourth-order valence-electron chi connectivity index (χ4n) is 1.97. The van der Waals surface area contributed by atoms with E-state index in [2.05, 4.69) is 9.97 Å². The van der Waals surface area contributed by atoms with Crippen molar-refractivity contribution >= 4 is 23.4 Å². The number of fused-ring (bicyclic) bond motifs is 1. The monoisotopic (exact) mass is 275 g/mol. The highest BCUT2D eigenvalue weighted by molar-refractivity contribution is 7.71. The van der Waals surface area contributed by atoms with Gasteiger partial charge in [-0.25, -0.2) is 9.37 Å². The molecule has 4 nitrogen and oxygen atoms in total. The van der Waals surface area contributed by atoms with Crippen LogP contribution in [0, 0.1) is 10.6 Å². The van der Waals surface area contributed by atoms with Gasteiger partial charge in [-0.2, -0.15) is 0 Å². The number of nitrogens with one attached hydrogen (secondary N) is 1. The van der Waals surface area contributed by atoms with Gasteiger partial charge in [-0.15, -0.1) is 0 Å². The smallest absolute Gasteiger partial charge is 0.184 e. The van der Waals surface area contributed by atoms with Crippen LogP contribution in [-0.2, 0) is 0 Å². The summed E-state index contributed by atoms with van der Waals surface area (Å²) in [5.41, 5.74) is 2.23. The van der Waals surface area contributed by atoms with Crippen molar-refractivity contribution in [3.8, 4) is 11.4 Å². The molecule has 0 atom stereocenters. The molecule has 3 aromatic rings. The van der Waals surface area contributed by atoms with Crippen LogP contribution in [0.15, 0.2) is 36.5 Å². The summed E-state index contributed by atoms with van der Waals surface area (Å²) in [7, 11) is 1.43. The number of hydrogen-bond acceptors (Lipinski definition) is 3. The molecule has 0 aliphatic heterocycles. The molecule has 0 unspecified atom stereocenters. The van der Waals surface area contributed by atoms with Gasteiger partial charge in [0.15, 0.2) is 22.0 Å². The third-order valence-electron chi connectivity index (χ3n) is 2.84. The highest BCUT2D eigenvalue weighted by Crippen LogP contribution is 2.23. The molecule has 3 rings (SSSR count). The fourth-order valence-corrected chi connectivity index (χ4v) is 2.27. The first-order chi connectivity index (χ1) is 9.20. The summed E-state index contributed by atoms with van der Waals surface area (Å²) in [5.74, 6) is -0.241. The molecule has 0 fully saturated rings. The highest BCUT2D eigenvalue weighted by Gasteiger charge is 2.10. The van der Waals surface area contributed by atoms with Crippen LogP contribution in [0.2, 0.25) is 0 Å². The molecule has 0 radical (unpaired) electrons. The zero-order chi connectivity index (χ0) is 13.4. The number of methoxy groups -OCH3 is 1. The average molecular weight is 275 g/mol. The number of benzene rings is 1. The number of aromatic nitrogens is 3. The van der Waals surface area contributed by atoms with Gasteiger partial charge in [0.1, 0.15) is 0 Å². The second kappa shape index (κ2) is 4.47. The fraction of sp³-hybridized carbons (Fsp3) is 0.0769. The van der Waals surface area contributed by atoms with E-state index in [1.807, 2.05) is 12.1 Å². The van der Waals surface area contributed by atoms with E-state index in [1.54, 1.807) is 22.9 Å². The maximum atomic E-state index is 13.4. The molecule has 2 aromatic heterocycles. The Kier molecular flexibility index (Phi) is 2.79. The lowest BCUT2D eigenvalue weighted by Crippen LogP contribution is -1.97. The first-order valence-corrected chi connectivity index (χ1v) is 6.01. The van der Waals surface area contributed by atoms with Gasteiger partial charge in [0.25, 0.3) is 0 Å². The molecule has 6 heteroatoms. The number of pyridine rings is 1. The van der Waals surface area contributed by atoms with Crippen LogP contribution >= 0.6 is 12.2 Å². The lowest BCUT2D eigenvalue weighted by Gasteiger charge is -2.07. The Labute approximate surface area is 113 Å². The molecule has 0 bridgehead atoms. The molecule has 1 aromatic carbocycles. The second-order valence-corrected chi connectivity index (χ2v) is 4.35. The van der Waals surface area contributed by atoms with Crippen molar-refractivity contribution in [3.63, 3.8) is 0 Å². The van der Waals surface area contributed by atoms with Crippen molar-refractivity contribution in [2.45, 2.75) is 0 Å². The zero-order valence-electron chi connectivity index (χ0n) is 10.1. The third kappa shape index (κ3) is 1.90. The van der Waals surface area contributed by atoms with Gasteiger partial charge in [-0.05, 0) is 36.5 Å². The maximum Gasteiger partial charge on any atom is 0.184 e. The van der Waals surface area contributed by atoms with Crippen LogP contribution in [0.1, 0.15) is 0 Å². The third-order valence-corrected chi connectivity index (χ3v) is 3.12. The van der Waals surface area contributed by atoms with Crippen molar-refractivity contribution in [2.24, 2.45) is 0 Å². The summed E-state index contributed by atoms with van der Waals surface area (Å²) in [6.07, 6.45) is 1.68. The first-order valence-electron chi connectivity index (χ1n) is 5.60. The van der Waals surface area contributed by atoms with Crippen LogP contribution in [0.4, 0.5) is 4.39 Å². The summed E-state index contributed by atoms with van der Waals surface area (Å²) in [4.78, 5) is 7.35. The number of H-pyrrole nitrogens is 1. The molecule has 0 aliphatic carbocycles. The van der Waals surface area contributed by atoms with E-state index in [0.29, 0.717) is 16.1 Å². The Hall–Kier alpha value is -2.21. The standard InChI is InChI=1S/C13H10FN3OS/c1-18-11-7-8(4-5-9(11)14)17-12-10(16-13(17)19)3-2-6-15-12/h2-7H,1H3,(H,16,19). The molecular weight excluding hydrogens is 265 g/mol. The molecule has 0 saturated carbocycles. The number of rotatable bonds is 2. The second-order valence-electron chi connectivity index (χ2n) is 3.96. The van der Waals surface area contributed by atoms with Gasteiger partial charge >= 0.3 is 0 Å². The van der Waals surface area contributed by atoms with Crippen LogP contribution in [0.3, 0.4) is 0 Å². The number of ether oxygens (including phenoxy) is 1. The summed E-state index contributed by atoms with van der Waals surface area (Å²) in [6.45, 7) is 0. The lowest BCUT2D eigenvalue weighted by atomic mass is 10.3. The van der Waals surface area contributed by atoms with E-state index < -0.39 is 5.82 Å². The molecular formula is C13H10FN3OS. The van der Waals surface area contributed by atoms with Gasteiger partial charge < -0.3 is 9.72 Å². The maximum absolute atomic E-state index is 13.4. The van der Waals surface area contributed by atoms with Crippen LogP contribution < -0.4 is 4.74 Å². The molecule has 96 valence electrons. The Balaban J connectivity index is 2.30. The van der Waals surface area contributed by atoms with Gasteiger partial charge in [0, 0.05) is 12.3 Å². The number of nitrogens with zero attached hydrogens (tertiary/aromatic N) is 2. The Morgan fingerprint density at radius 3 is 3.00 bits per heavy atom. The summed E-state index contributed by atoms with van der Waals surface area (Å²) < 4.78 is 20.7. The van der Waals surface area contributed by atoms with Gasteiger partial charge in [0.05, 0.1) is 18.3 Å². The van der Waals surface area contributed by atoms with Crippen LogP contribution in [-0.4, -0.2) is 21.6 Å². The van der Waals surface area contributed by atoms with Gasteiger partial charge in [-0.1, -0.05) is 0 Å². The lowest BCUT2D eigenvalue weighted by molar-refractivity contribution is 0.386. The van der Waals surface area contributed by atoms with Crippen molar-refractivity contribution in [2.75, 3.05) is 7.11 Å². The number of imidazole rings is 1. The first kappa shape index (κ1) is 11.9. The predicted molar refractivity (Wildman–Crippen MR) is 72.8 cm³/mol. The predicted octanol–water partition coefficient (Wildman–Crippen LogP) is 3.23. The van der Waals surface area contributed by atoms with Crippen molar-refractivity contribution in [1.29, 1.82) is 0 Å².